The predicted molar refractivity (Wildman–Crippen MR) is 108 cm³/mol. The lowest BCUT2D eigenvalue weighted by atomic mass is 9.97. The molecule has 7 heteroatoms. The molecule has 6 nitrogen and oxygen atoms in total. The molecule has 2 N–H and O–H groups in total. The van der Waals surface area contributed by atoms with Crippen LogP contribution in [0.5, 0.6) is 5.75 Å². The standard InChI is InChI=1S/C22H25FN2O4/c1-3-28-22(27)29-17-10-9-16(14(2)12-17)13-19(24)21(26)25-11-5-7-15-6-4-8-18(23)20(15)25/h4,6,8-10,12,19H,3,5,7,11,13,24H2,1-2H3/t19-/m1/s1. The summed E-state index contributed by atoms with van der Waals surface area (Å²) in [6.45, 7) is 4.22. The number of hydrogen-bond donors (Lipinski definition) is 1. The third-order valence-electron chi connectivity index (χ3n) is 4.97. The summed E-state index contributed by atoms with van der Waals surface area (Å²) in [6.07, 6.45) is 1.04. The fraction of sp³-hybridized carbons (Fsp3) is 0.364. The molecule has 0 aromatic heterocycles. The first-order chi connectivity index (χ1) is 13.9. The molecule has 29 heavy (non-hydrogen) atoms. The second-order valence-electron chi connectivity index (χ2n) is 7.02. The van der Waals surface area contributed by atoms with Crippen LogP contribution in [-0.4, -0.2) is 31.3 Å². The van der Waals surface area contributed by atoms with Gasteiger partial charge < -0.3 is 20.1 Å². The average molecular weight is 400 g/mol. The summed E-state index contributed by atoms with van der Waals surface area (Å²) in [6, 6.07) is 9.15. The van der Waals surface area contributed by atoms with Crippen molar-refractivity contribution < 1.29 is 23.5 Å². The third-order valence-corrected chi connectivity index (χ3v) is 4.97. The van der Waals surface area contributed by atoms with Gasteiger partial charge in [-0.1, -0.05) is 18.2 Å². The zero-order valence-corrected chi connectivity index (χ0v) is 16.6. The topological polar surface area (TPSA) is 81.9 Å². The molecule has 2 aromatic carbocycles. The Kier molecular flexibility index (Phi) is 6.49. The lowest BCUT2D eigenvalue weighted by Gasteiger charge is -2.31. The lowest BCUT2D eigenvalue weighted by Crippen LogP contribution is -2.47. The van der Waals surface area contributed by atoms with Crippen LogP contribution in [0.25, 0.3) is 0 Å². The number of rotatable bonds is 5. The summed E-state index contributed by atoms with van der Waals surface area (Å²) in [7, 11) is 0. The number of amides is 1. The number of fused-ring (bicyclic) bond motifs is 1. The number of para-hydroxylation sites is 1. The molecule has 0 bridgehead atoms. The molecule has 1 amide bonds. The highest BCUT2D eigenvalue weighted by atomic mass is 19.1. The van der Waals surface area contributed by atoms with Gasteiger partial charge in [0.2, 0.25) is 5.91 Å². The van der Waals surface area contributed by atoms with E-state index in [1.165, 1.54) is 11.0 Å². The van der Waals surface area contributed by atoms with Crippen molar-refractivity contribution >= 4 is 17.7 Å². The second-order valence-corrected chi connectivity index (χ2v) is 7.02. The number of hydrogen-bond acceptors (Lipinski definition) is 5. The number of benzene rings is 2. The van der Waals surface area contributed by atoms with Crippen LogP contribution in [0.1, 0.15) is 30.0 Å². The molecule has 3 rings (SSSR count). The van der Waals surface area contributed by atoms with Gasteiger partial charge in [-0.15, -0.1) is 0 Å². The molecule has 1 atom stereocenters. The van der Waals surface area contributed by atoms with Crippen LogP contribution in [0.2, 0.25) is 0 Å². The zero-order valence-electron chi connectivity index (χ0n) is 16.6. The van der Waals surface area contributed by atoms with Crippen molar-refractivity contribution in [3.05, 3.63) is 58.9 Å². The number of ether oxygens (including phenoxy) is 2. The number of aryl methyl sites for hydroxylation is 2. The molecule has 0 aliphatic carbocycles. The van der Waals surface area contributed by atoms with Crippen molar-refractivity contribution in [2.45, 2.75) is 39.2 Å². The van der Waals surface area contributed by atoms with Crippen molar-refractivity contribution in [2.75, 3.05) is 18.1 Å². The van der Waals surface area contributed by atoms with Crippen LogP contribution >= 0.6 is 0 Å². The van der Waals surface area contributed by atoms with Crippen molar-refractivity contribution in [3.63, 3.8) is 0 Å². The van der Waals surface area contributed by atoms with Gasteiger partial charge in [0.1, 0.15) is 11.6 Å². The van der Waals surface area contributed by atoms with E-state index in [-0.39, 0.29) is 12.5 Å². The second kappa shape index (κ2) is 9.05. The first-order valence-corrected chi connectivity index (χ1v) is 9.69. The van der Waals surface area contributed by atoms with E-state index in [1.54, 1.807) is 31.2 Å². The molecule has 1 aliphatic rings. The van der Waals surface area contributed by atoms with Crippen LogP contribution in [0.3, 0.4) is 0 Å². The van der Waals surface area contributed by atoms with Gasteiger partial charge in [-0.05, 0) is 68.0 Å². The molecule has 0 saturated carbocycles. The molecule has 1 heterocycles. The molecule has 154 valence electrons. The fourth-order valence-electron chi connectivity index (χ4n) is 3.55. The Morgan fingerprint density at radius 3 is 2.79 bits per heavy atom. The highest BCUT2D eigenvalue weighted by Crippen LogP contribution is 2.30. The molecule has 0 unspecified atom stereocenters. The molecular weight excluding hydrogens is 375 g/mol. The van der Waals surface area contributed by atoms with Gasteiger partial charge in [-0.25, -0.2) is 9.18 Å². The molecule has 0 saturated heterocycles. The van der Waals surface area contributed by atoms with Gasteiger partial charge in [0, 0.05) is 6.54 Å². The summed E-state index contributed by atoms with van der Waals surface area (Å²) in [5.41, 5.74) is 9.05. The maximum Gasteiger partial charge on any atom is 0.513 e. The minimum atomic E-state index is -0.809. The van der Waals surface area contributed by atoms with Crippen LogP contribution in [-0.2, 0) is 22.4 Å². The van der Waals surface area contributed by atoms with Crippen LogP contribution in [0.15, 0.2) is 36.4 Å². The van der Waals surface area contributed by atoms with Gasteiger partial charge >= 0.3 is 6.16 Å². The normalized spacial score (nSPS) is 14.1. The Bertz CT molecular complexity index is 916. The van der Waals surface area contributed by atoms with Crippen LogP contribution in [0.4, 0.5) is 14.9 Å². The summed E-state index contributed by atoms with van der Waals surface area (Å²) in [5.74, 6) is -0.349. The maximum absolute atomic E-state index is 14.4. The molecule has 2 aromatic rings. The van der Waals surface area contributed by atoms with E-state index in [9.17, 15) is 14.0 Å². The predicted octanol–water partition coefficient (Wildman–Crippen LogP) is 3.52. The van der Waals surface area contributed by atoms with E-state index < -0.39 is 18.0 Å². The van der Waals surface area contributed by atoms with E-state index >= 15 is 0 Å². The lowest BCUT2D eigenvalue weighted by molar-refractivity contribution is -0.119. The largest absolute Gasteiger partial charge is 0.513 e. The number of nitrogens with zero attached hydrogens (tertiary/aromatic N) is 1. The summed E-state index contributed by atoms with van der Waals surface area (Å²) in [5, 5.41) is 0. The van der Waals surface area contributed by atoms with Crippen molar-refractivity contribution in [1.82, 2.24) is 0 Å². The van der Waals surface area contributed by atoms with E-state index in [1.807, 2.05) is 13.0 Å². The minimum absolute atomic E-state index is 0.229. The number of nitrogens with two attached hydrogens (primary N) is 1. The van der Waals surface area contributed by atoms with E-state index in [0.29, 0.717) is 24.4 Å². The van der Waals surface area contributed by atoms with Crippen molar-refractivity contribution in [2.24, 2.45) is 5.73 Å². The Morgan fingerprint density at radius 2 is 2.07 bits per heavy atom. The Labute approximate surface area is 169 Å². The van der Waals surface area contributed by atoms with Gasteiger partial charge in [-0.3, -0.25) is 4.79 Å². The first-order valence-electron chi connectivity index (χ1n) is 9.69. The molecular formula is C22H25FN2O4. The Balaban J connectivity index is 1.72. The number of halogens is 1. The van der Waals surface area contributed by atoms with Gasteiger partial charge in [0.15, 0.2) is 0 Å². The minimum Gasteiger partial charge on any atom is -0.434 e. The number of carbonyl (C=O) groups is 2. The van der Waals surface area contributed by atoms with Gasteiger partial charge in [-0.2, -0.15) is 0 Å². The number of anilines is 1. The average Bonchev–Trinajstić information content (AvgIpc) is 2.69. The highest BCUT2D eigenvalue weighted by Gasteiger charge is 2.29. The maximum atomic E-state index is 14.4. The van der Waals surface area contributed by atoms with Gasteiger partial charge in [0.05, 0.1) is 18.3 Å². The Morgan fingerprint density at radius 1 is 1.28 bits per heavy atom. The number of carbonyl (C=O) groups excluding carboxylic acids is 2. The van der Waals surface area contributed by atoms with Crippen molar-refractivity contribution in [3.8, 4) is 5.75 Å². The monoisotopic (exact) mass is 400 g/mol. The molecule has 0 spiro atoms. The highest BCUT2D eigenvalue weighted by molar-refractivity contribution is 5.98. The first kappa shape index (κ1) is 20.8. The summed E-state index contributed by atoms with van der Waals surface area (Å²) < 4.78 is 24.2. The SMILES string of the molecule is CCOC(=O)Oc1ccc(C[C@@H](N)C(=O)N2CCCc3cccc(F)c32)c(C)c1. The molecule has 0 radical (unpaired) electrons. The molecule has 1 aliphatic heterocycles. The van der Waals surface area contributed by atoms with Gasteiger partial charge in [0.25, 0.3) is 0 Å². The van der Waals surface area contributed by atoms with E-state index in [0.717, 1.165) is 29.5 Å². The zero-order chi connectivity index (χ0) is 21.0. The van der Waals surface area contributed by atoms with Crippen LogP contribution < -0.4 is 15.4 Å². The van der Waals surface area contributed by atoms with E-state index in [2.05, 4.69) is 0 Å². The third kappa shape index (κ3) is 4.74. The summed E-state index contributed by atoms with van der Waals surface area (Å²) in [4.78, 5) is 25.9. The Hall–Kier alpha value is -2.93. The van der Waals surface area contributed by atoms with Crippen molar-refractivity contribution in [1.29, 1.82) is 0 Å². The van der Waals surface area contributed by atoms with Crippen LogP contribution in [0, 0.1) is 12.7 Å². The van der Waals surface area contributed by atoms with E-state index in [4.69, 9.17) is 15.2 Å². The quantitative estimate of drug-likeness (QED) is 0.613. The fourth-order valence-corrected chi connectivity index (χ4v) is 3.55. The molecule has 0 fully saturated rings. The summed E-state index contributed by atoms with van der Waals surface area (Å²) >= 11 is 0. The smallest absolute Gasteiger partial charge is 0.434 e.